The molecule has 1 N–H and O–H groups in total. The Morgan fingerprint density at radius 2 is 2.08 bits per heavy atom. The zero-order valence-corrected chi connectivity index (χ0v) is 9.27. The highest BCUT2D eigenvalue weighted by Crippen LogP contribution is 2.61. The number of hydrogen-bond donors (Lipinski definition) is 1. The van der Waals surface area contributed by atoms with Gasteiger partial charge in [0.15, 0.2) is 0 Å². The fourth-order valence-corrected chi connectivity index (χ4v) is 3.49. The van der Waals surface area contributed by atoms with E-state index >= 15 is 0 Å². The summed E-state index contributed by atoms with van der Waals surface area (Å²) in [5, 5.41) is 3.64. The molecule has 1 heteroatoms. The first-order valence-electron chi connectivity index (χ1n) is 5.95. The molecule has 0 spiro atoms. The van der Waals surface area contributed by atoms with Gasteiger partial charge in [0.1, 0.15) is 0 Å². The lowest BCUT2D eigenvalue weighted by atomic mass is 9.54. The van der Waals surface area contributed by atoms with Gasteiger partial charge in [-0.1, -0.05) is 13.8 Å². The first-order valence-corrected chi connectivity index (χ1v) is 5.95. The third-order valence-electron chi connectivity index (χ3n) is 4.58. The Labute approximate surface area is 82.3 Å². The molecular weight excluding hydrogens is 158 g/mol. The van der Waals surface area contributed by atoms with E-state index in [1.54, 1.807) is 0 Å². The van der Waals surface area contributed by atoms with Crippen LogP contribution in [0.3, 0.4) is 0 Å². The van der Waals surface area contributed by atoms with Crippen molar-refractivity contribution < 1.29 is 0 Å². The molecule has 2 aliphatic carbocycles. The second kappa shape index (κ2) is 3.27. The van der Waals surface area contributed by atoms with E-state index in [4.69, 9.17) is 0 Å². The SMILES string of the molecule is CCNC(C)C1(C2CC2)CCC1C. The van der Waals surface area contributed by atoms with E-state index in [1.807, 2.05) is 0 Å². The molecule has 3 unspecified atom stereocenters. The summed E-state index contributed by atoms with van der Waals surface area (Å²) in [7, 11) is 0. The molecule has 0 aromatic heterocycles. The first-order chi connectivity index (χ1) is 6.21. The zero-order chi connectivity index (χ0) is 9.47. The largest absolute Gasteiger partial charge is 0.314 e. The van der Waals surface area contributed by atoms with Crippen molar-refractivity contribution in [2.45, 2.75) is 52.5 Å². The summed E-state index contributed by atoms with van der Waals surface area (Å²) in [5.41, 5.74) is 0.690. The van der Waals surface area contributed by atoms with Gasteiger partial charge in [0, 0.05) is 6.04 Å². The topological polar surface area (TPSA) is 12.0 Å². The Balaban J connectivity index is 2.04. The third-order valence-corrected chi connectivity index (χ3v) is 4.58. The summed E-state index contributed by atoms with van der Waals surface area (Å²) in [6, 6.07) is 0.744. The van der Waals surface area contributed by atoms with E-state index in [2.05, 4.69) is 26.1 Å². The van der Waals surface area contributed by atoms with Crippen LogP contribution in [0.5, 0.6) is 0 Å². The maximum atomic E-state index is 3.64. The standard InChI is InChI=1S/C12H23N/c1-4-13-10(3)12(11-5-6-11)8-7-9(12)2/h9-11,13H,4-8H2,1-3H3. The molecule has 0 aromatic rings. The fraction of sp³-hybridized carbons (Fsp3) is 1.00. The maximum absolute atomic E-state index is 3.64. The molecule has 2 fully saturated rings. The van der Waals surface area contributed by atoms with Gasteiger partial charge in [0.25, 0.3) is 0 Å². The van der Waals surface area contributed by atoms with Crippen molar-refractivity contribution in [1.82, 2.24) is 5.32 Å². The maximum Gasteiger partial charge on any atom is 0.0100 e. The van der Waals surface area contributed by atoms with Gasteiger partial charge in [-0.2, -0.15) is 0 Å². The van der Waals surface area contributed by atoms with Crippen molar-refractivity contribution >= 4 is 0 Å². The quantitative estimate of drug-likeness (QED) is 0.703. The molecule has 0 radical (unpaired) electrons. The Morgan fingerprint density at radius 1 is 1.38 bits per heavy atom. The van der Waals surface area contributed by atoms with E-state index in [1.165, 1.54) is 25.7 Å². The van der Waals surface area contributed by atoms with Crippen LogP contribution < -0.4 is 5.32 Å². The average molecular weight is 181 g/mol. The number of hydrogen-bond acceptors (Lipinski definition) is 1. The summed E-state index contributed by atoms with van der Waals surface area (Å²) in [4.78, 5) is 0. The van der Waals surface area contributed by atoms with Gasteiger partial charge in [-0.25, -0.2) is 0 Å². The molecule has 3 atom stereocenters. The molecule has 0 aromatic carbocycles. The van der Waals surface area contributed by atoms with E-state index in [0.29, 0.717) is 5.41 Å². The summed E-state index contributed by atoms with van der Waals surface area (Å²) in [6.45, 7) is 8.20. The van der Waals surface area contributed by atoms with Crippen LogP contribution in [0.25, 0.3) is 0 Å². The van der Waals surface area contributed by atoms with Crippen LogP contribution in [0.2, 0.25) is 0 Å². The zero-order valence-electron chi connectivity index (χ0n) is 9.27. The van der Waals surface area contributed by atoms with Crippen LogP contribution >= 0.6 is 0 Å². The summed E-state index contributed by atoms with van der Waals surface area (Å²) < 4.78 is 0. The smallest absolute Gasteiger partial charge is 0.0100 e. The molecule has 2 rings (SSSR count). The highest BCUT2D eigenvalue weighted by atomic mass is 14.9. The van der Waals surface area contributed by atoms with Crippen LogP contribution in [0, 0.1) is 17.3 Å². The molecular formula is C12H23N. The van der Waals surface area contributed by atoms with Gasteiger partial charge in [0.05, 0.1) is 0 Å². The normalized spacial score (nSPS) is 41.3. The molecule has 2 aliphatic rings. The lowest BCUT2D eigenvalue weighted by Gasteiger charge is -2.53. The molecule has 0 amide bonds. The Morgan fingerprint density at radius 3 is 2.38 bits per heavy atom. The fourth-order valence-electron chi connectivity index (χ4n) is 3.49. The van der Waals surface area contributed by atoms with E-state index in [-0.39, 0.29) is 0 Å². The van der Waals surface area contributed by atoms with Crippen molar-refractivity contribution in [2.75, 3.05) is 6.54 Å². The van der Waals surface area contributed by atoms with Crippen LogP contribution in [-0.2, 0) is 0 Å². The highest BCUT2D eigenvalue weighted by molar-refractivity contribution is 5.07. The first kappa shape index (κ1) is 9.51. The van der Waals surface area contributed by atoms with Crippen LogP contribution in [0.1, 0.15) is 46.5 Å². The molecule has 0 saturated heterocycles. The van der Waals surface area contributed by atoms with E-state index < -0.39 is 0 Å². The van der Waals surface area contributed by atoms with E-state index in [9.17, 15) is 0 Å². The number of rotatable bonds is 4. The second-order valence-electron chi connectivity index (χ2n) is 5.11. The summed E-state index contributed by atoms with van der Waals surface area (Å²) >= 11 is 0. The van der Waals surface area contributed by atoms with Crippen LogP contribution in [0.15, 0.2) is 0 Å². The monoisotopic (exact) mass is 181 g/mol. The lowest BCUT2D eigenvalue weighted by molar-refractivity contribution is -0.0164. The summed E-state index contributed by atoms with van der Waals surface area (Å²) in [5.74, 6) is 2.03. The third kappa shape index (κ3) is 1.32. The van der Waals surface area contributed by atoms with Gasteiger partial charge in [-0.15, -0.1) is 0 Å². The van der Waals surface area contributed by atoms with Gasteiger partial charge in [-0.05, 0) is 56.4 Å². The van der Waals surface area contributed by atoms with Gasteiger partial charge in [-0.3, -0.25) is 0 Å². The molecule has 2 saturated carbocycles. The summed E-state index contributed by atoms with van der Waals surface area (Å²) in [6.07, 6.45) is 5.94. The minimum Gasteiger partial charge on any atom is -0.314 e. The predicted octanol–water partition coefficient (Wildman–Crippen LogP) is 2.81. The van der Waals surface area contributed by atoms with Gasteiger partial charge in [0.2, 0.25) is 0 Å². The predicted molar refractivity (Wildman–Crippen MR) is 56.7 cm³/mol. The van der Waals surface area contributed by atoms with Crippen LogP contribution in [0.4, 0.5) is 0 Å². The lowest BCUT2D eigenvalue weighted by Crippen LogP contribution is -2.54. The molecule has 0 aliphatic heterocycles. The molecule has 76 valence electrons. The van der Waals surface area contributed by atoms with Crippen LogP contribution in [-0.4, -0.2) is 12.6 Å². The van der Waals surface area contributed by atoms with Crippen molar-refractivity contribution in [3.63, 3.8) is 0 Å². The van der Waals surface area contributed by atoms with Gasteiger partial charge >= 0.3 is 0 Å². The van der Waals surface area contributed by atoms with Crippen molar-refractivity contribution in [3.8, 4) is 0 Å². The van der Waals surface area contributed by atoms with E-state index in [0.717, 1.165) is 24.4 Å². The van der Waals surface area contributed by atoms with Crippen molar-refractivity contribution in [1.29, 1.82) is 0 Å². The minimum absolute atomic E-state index is 0.690. The molecule has 13 heavy (non-hydrogen) atoms. The Kier molecular flexibility index (Phi) is 2.39. The van der Waals surface area contributed by atoms with Gasteiger partial charge < -0.3 is 5.32 Å². The van der Waals surface area contributed by atoms with Crippen molar-refractivity contribution in [2.24, 2.45) is 17.3 Å². The molecule has 0 heterocycles. The molecule has 1 nitrogen and oxygen atoms in total. The molecule has 0 bridgehead atoms. The van der Waals surface area contributed by atoms with Crippen molar-refractivity contribution in [3.05, 3.63) is 0 Å². The highest BCUT2D eigenvalue weighted by Gasteiger charge is 2.56. The Hall–Kier alpha value is -0.0400. The number of nitrogens with one attached hydrogen (secondary N) is 1. The Bertz CT molecular complexity index is 182. The average Bonchev–Trinajstić information content (AvgIpc) is 2.87. The second-order valence-corrected chi connectivity index (χ2v) is 5.11. The minimum atomic E-state index is 0.690.